The van der Waals surface area contributed by atoms with Crippen LogP contribution in [0.1, 0.15) is 56.9 Å². The van der Waals surface area contributed by atoms with Crippen molar-refractivity contribution in [1.82, 2.24) is 4.98 Å². The second-order valence-corrected chi connectivity index (χ2v) is 8.84. The molecule has 0 fully saturated rings. The SMILES string of the molecule is CCOc1cccc(C2c3c(oc4ccc(F)cc4c3=O)C(=O)N2c2nc(C)c(C(C)=O)s2)c1. The molecule has 1 atom stereocenters. The Balaban J connectivity index is 1.79. The van der Waals surface area contributed by atoms with Gasteiger partial charge in [-0.3, -0.25) is 19.3 Å². The summed E-state index contributed by atoms with van der Waals surface area (Å²) in [6.45, 7) is 5.41. The summed E-state index contributed by atoms with van der Waals surface area (Å²) in [6.07, 6.45) is 0. The molecule has 0 bridgehead atoms. The van der Waals surface area contributed by atoms with Gasteiger partial charge in [-0.15, -0.1) is 0 Å². The zero-order chi connectivity index (χ0) is 24.1. The number of halogens is 1. The van der Waals surface area contributed by atoms with E-state index in [0.717, 1.165) is 17.4 Å². The number of ketones is 1. The number of aryl methyl sites for hydroxylation is 1. The largest absolute Gasteiger partial charge is 0.494 e. The minimum atomic E-state index is -0.891. The summed E-state index contributed by atoms with van der Waals surface area (Å²) in [5, 5.41) is 0.305. The van der Waals surface area contributed by atoms with Gasteiger partial charge in [0, 0.05) is 6.92 Å². The van der Waals surface area contributed by atoms with Gasteiger partial charge in [0.1, 0.15) is 17.1 Å². The summed E-state index contributed by atoms with van der Waals surface area (Å²) in [5.74, 6) is -0.882. The fraction of sp³-hybridized carbons (Fsp3) is 0.200. The van der Waals surface area contributed by atoms with E-state index in [2.05, 4.69) is 4.98 Å². The Morgan fingerprint density at radius 3 is 2.74 bits per heavy atom. The van der Waals surface area contributed by atoms with E-state index in [1.807, 2.05) is 6.92 Å². The van der Waals surface area contributed by atoms with E-state index in [4.69, 9.17) is 9.15 Å². The van der Waals surface area contributed by atoms with Crippen molar-refractivity contribution in [3.63, 3.8) is 0 Å². The number of Topliss-reactive ketones (excluding diaryl/α,β-unsaturated/α-hetero) is 1. The van der Waals surface area contributed by atoms with Gasteiger partial charge in [-0.05, 0) is 49.7 Å². The number of aromatic nitrogens is 1. The Morgan fingerprint density at radius 2 is 2.03 bits per heavy atom. The molecule has 34 heavy (non-hydrogen) atoms. The summed E-state index contributed by atoms with van der Waals surface area (Å²) < 4.78 is 25.4. The molecule has 0 aliphatic carbocycles. The molecule has 0 radical (unpaired) electrons. The highest BCUT2D eigenvalue weighted by Crippen LogP contribution is 2.43. The van der Waals surface area contributed by atoms with Crippen LogP contribution in [0, 0.1) is 12.7 Å². The van der Waals surface area contributed by atoms with Crippen molar-refractivity contribution >= 4 is 39.1 Å². The van der Waals surface area contributed by atoms with E-state index in [1.54, 1.807) is 31.2 Å². The number of nitrogens with zero attached hydrogens (tertiary/aromatic N) is 2. The van der Waals surface area contributed by atoms with Gasteiger partial charge in [-0.25, -0.2) is 9.37 Å². The summed E-state index contributed by atoms with van der Waals surface area (Å²) in [7, 11) is 0. The van der Waals surface area contributed by atoms with E-state index in [-0.39, 0.29) is 33.2 Å². The maximum absolute atomic E-state index is 14.0. The van der Waals surface area contributed by atoms with Crippen LogP contribution in [0.4, 0.5) is 9.52 Å². The monoisotopic (exact) mass is 478 g/mol. The minimum Gasteiger partial charge on any atom is -0.494 e. The number of carbonyl (C=O) groups excluding carboxylic acids is 2. The number of fused-ring (bicyclic) bond motifs is 2. The third-order valence-corrected chi connectivity index (χ3v) is 6.89. The minimum absolute atomic E-state index is 0.0408. The Morgan fingerprint density at radius 1 is 1.24 bits per heavy atom. The standard InChI is InChI=1S/C25H19FN2O5S/c1-4-32-16-7-5-6-14(10-16)20-19-21(30)17-11-15(26)8-9-18(17)33-22(19)24(31)28(20)25-27-12(2)23(34-25)13(3)29/h5-11,20H,4H2,1-3H3. The fourth-order valence-electron chi connectivity index (χ4n) is 4.21. The number of hydrogen-bond acceptors (Lipinski definition) is 7. The van der Waals surface area contributed by atoms with Gasteiger partial charge in [-0.1, -0.05) is 23.5 Å². The third-order valence-electron chi connectivity index (χ3n) is 5.63. The van der Waals surface area contributed by atoms with Crippen LogP contribution >= 0.6 is 11.3 Å². The van der Waals surface area contributed by atoms with Crippen molar-refractivity contribution in [3.8, 4) is 5.75 Å². The molecule has 0 saturated heterocycles. The van der Waals surface area contributed by atoms with Crippen LogP contribution in [0.5, 0.6) is 5.75 Å². The number of anilines is 1. The van der Waals surface area contributed by atoms with Crippen molar-refractivity contribution in [2.45, 2.75) is 26.8 Å². The van der Waals surface area contributed by atoms with Crippen LogP contribution < -0.4 is 15.1 Å². The molecule has 1 aliphatic heterocycles. The molecule has 0 N–H and O–H groups in total. The average Bonchev–Trinajstić information content (AvgIpc) is 3.32. The number of thiazole rings is 1. The predicted molar refractivity (Wildman–Crippen MR) is 126 cm³/mol. The molecule has 1 unspecified atom stereocenters. The van der Waals surface area contributed by atoms with Crippen LogP contribution in [-0.2, 0) is 0 Å². The molecule has 1 aliphatic rings. The highest BCUT2D eigenvalue weighted by Gasteiger charge is 2.45. The van der Waals surface area contributed by atoms with E-state index in [0.29, 0.717) is 28.5 Å². The topological polar surface area (TPSA) is 89.7 Å². The van der Waals surface area contributed by atoms with E-state index >= 15 is 0 Å². The highest BCUT2D eigenvalue weighted by molar-refractivity contribution is 7.17. The molecular weight excluding hydrogens is 459 g/mol. The zero-order valence-corrected chi connectivity index (χ0v) is 19.4. The van der Waals surface area contributed by atoms with Gasteiger partial charge in [0.05, 0.1) is 34.2 Å². The number of ether oxygens (including phenoxy) is 1. The van der Waals surface area contributed by atoms with Crippen molar-refractivity contribution in [3.05, 3.63) is 86.0 Å². The maximum atomic E-state index is 14.0. The summed E-state index contributed by atoms with van der Waals surface area (Å²) in [4.78, 5) is 45.5. The first-order valence-corrected chi connectivity index (χ1v) is 11.4. The van der Waals surface area contributed by atoms with Crippen molar-refractivity contribution in [1.29, 1.82) is 0 Å². The first-order valence-electron chi connectivity index (χ1n) is 10.6. The van der Waals surface area contributed by atoms with Gasteiger partial charge in [-0.2, -0.15) is 0 Å². The van der Waals surface area contributed by atoms with Crippen LogP contribution in [0.2, 0.25) is 0 Å². The number of amides is 1. The predicted octanol–water partition coefficient (Wildman–Crippen LogP) is 5.05. The molecule has 7 nitrogen and oxygen atoms in total. The van der Waals surface area contributed by atoms with E-state index in [9.17, 15) is 18.8 Å². The first kappa shape index (κ1) is 22.0. The van der Waals surface area contributed by atoms with Crippen molar-refractivity contribution in [2.75, 3.05) is 11.5 Å². The molecule has 2 aromatic heterocycles. The summed E-state index contributed by atoms with van der Waals surface area (Å²) in [6, 6.07) is 9.75. The lowest BCUT2D eigenvalue weighted by Gasteiger charge is -2.23. The second-order valence-electron chi connectivity index (χ2n) is 7.86. The third kappa shape index (κ3) is 3.40. The van der Waals surface area contributed by atoms with Crippen LogP contribution in [-0.4, -0.2) is 23.3 Å². The molecule has 3 heterocycles. The molecule has 1 amide bonds. The smallest absolute Gasteiger partial charge is 0.297 e. The Labute approximate surface area is 197 Å². The van der Waals surface area contributed by atoms with Gasteiger partial charge >= 0.3 is 0 Å². The lowest BCUT2D eigenvalue weighted by molar-refractivity contribution is 0.0969. The molecule has 5 rings (SSSR count). The van der Waals surface area contributed by atoms with Gasteiger partial charge < -0.3 is 9.15 Å². The molecule has 172 valence electrons. The van der Waals surface area contributed by atoms with Gasteiger partial charge in [0.2, 0.25) is 5.76 Å². The normalized spacial score (nSPS) is 15.1. The Kier molecular flexibility index (Phi) is 5.28. The number of hydrogen-bond donors (Lipinski definition) is 0. The molecule has 0 saturated carbocycles. The maximum Gasteiger partial charge on any atom is 0.297 e. The quantitative estimate of drug-likeness (QED) is 0.373. The summed E-state index contributed by atoms with van der Waals surface area (Å²) >= 11 is 1.07. The van der Waals surface area contributed by atoms with Crippen LogP contribution in [0.25, 0.3) is 11.0 Å². The first-order chi connectivity index (χ1) is 16.3. The van der Waals surface area contributed by atoms with Gasteiger partial charge in [0.25, 0.3) is 5.91 Å². The molecule has 0 spiro atoms. The van der Waals surface area contributed by atoms with Crippen molar-refractivity contribution in [2.24, 2.45) is 0 Å². The molecule has 9 heteroatoms. The zero-order valence-electron chi connectivity index (χ0n) is 18.5. The lowest BCUT2D eigenvalue weighted by atomic mass is 9.98. The molecule has 2 aromatic carbocycles. The van der Waals surface area contributed by atoms with Gasteiger partial charge in [0.15, 0.2) is 16.3 Å². The number of rotatable bonds is 5. The number of benzene rings is 2. The van der Waals surface area contributed by atoms with Crippen LogP contribution in [0.15, 0.2) is 51.7 Å². The fourth-order valence-corrected chi connectivity index (χ4v) is 5.20. The highest BCUT2D eigenvalue weighted by atomic mass is 32.1. The second kappa shape index (κ2) is 8.18. The van der Waals surface area contributed by atoms with Crippen LogP contribution in [0.3, 0.4) is 0 Å². The Hall–Kier alpha value is -3.85. The average molecular weight is 479 g/mol. The summed E-state index contributed by atoms with van der Waals surface area (Å²) in [5.41, 5.74) is 0.789. The Bertz CT molecular complexity index is 1540. The molecule has 4 aromatic rings. The van der Waals surface area contributed by atoms with E-state index in [1.165, 1.54) is 24.0 Å². The van der Waals surface area contributed by atoms with Crippen molar-refractivity contribution < 1.29 is 23.1 Å². The van der Waals surface area contributed by atoms with E-state index < -0.39 is 23.2 Å². The lowest BCUT2D eigenvalue weighted by Crippen LogP contribution is -2.29. The number of carbonyl (C=O) groups is 2. The molecular formula is C25H19FN2O5S.